The molecule has 0 aromatic heterocycles. The predicted molar refractivity (Wildman–Crippen MR) is 132 cm³/mol. The van der Waals surface area contributed by atoms with Crippen LogP contribution in [-0.4, -0.2) is 28.1 Å². The Morgan fingerprint density at radius 3 is 2.38 bits per heavy atom. The number of rotatable bonds is 1. The van der Waals surface area contributed by atoms with Gasteiger partial charge in [-0.25, -0.2) is 0 Å². The Kier molecular flexibility index (Phi) is 4.51. The fourth-order valence-electron chi connectivity index (χ4n) is 11.3. The number of carboxylic acids is 1. The molecule has 0 aromatic rings. The molecule has 11 atom stereocenters. The van der Waals surface area contributed by atoms with Crippen LogP contribution < -0.4 is 0 Å². The molecular weight excluding hydrogens is 424 g/mol. The number of carboxylic acid groups (broad SMARTS) is 1. The summed E-state index contributed by atoms with van der Waals surface area (Å²) < 4.78 is 5.99. The second-order valence-corrected chi connectivity index (χ2v) is 14.8. The van der Waals surface area contributed by atoms with Crippen molar-refractivity contribution in [2.45, 2.75) is 112 Å². The molecule has 34 heavy (non-hydrogen) atoms. The third kappa shape index (κ3) is 2.37. The lowest BCUT2D eigenvalue weighted by atomic mass is 9.33. The minimum atomic E-state index is -0.940. The average molecular weight is 471 g/mol. The molecule has 4 nitrogen and oxygen atoms in total. The van der Waals surface area contributed by atoms with Crippen LogP contribution in [0, 0.1) is 56.7 Å². The van der Waals surface area contributed by atoms with Crippen molar-refractivity contribution >= 4 is 5.97 Å². The van der Waals surface area contributed by atoms with Crippen molar-refractivity contribution in [2.24, 2.45) is 56.7 Å². The Morgan fingerprint density at radius 2 is 1.71 bits per heavy atom. The van der Waals surface area contributed by atoms with E-state index in [0.29, 0.717) is 23.7 Å². The van der Waals surface area contributed by atoms with Crippen LogP contribution in [0.3, 0.4) is 0 Å². The largest absolute Gasteiger partial charge is 0.481 e. The van der Waals surface area contributed by atoms with Crippen LogP contribution in [0.1, 0.15) is 99.8 Å². The van der Waals surface area contributed by atoms with Gasteiger partial charge in [-0.3, -0.25) is 4.79 Å². The van der Waals surface area contributed by atoms with Gasteiger partial charge in [0.05, 0.1) is 5.41 Å². The van der Waals surface area contributed by atoms with Crippen LogP contribution in [0.4, 0.5) is 0 Å². The zero-order chi connectivity index (χ0) is 24.7. The Hall–Kier alpha value is -0.870. The lowest BCUT2D eigenvalue weighted by Crippen LogP contribution is -2.66. The molecule has 0 spiro atoms. The summed E-state index contributed by atoms with van der Waals surface area (Å²) in [5, 5.41) is 21.7. The van der Waals surface area contributed by atoms with Crippen LogP contribution in [0.2, 0.25) is 0 Å². The molecule has 6 aliphatic rings. The van der Waals surface area contributed by atoms with Gasteiger partial charge in [0, 0.05) is 5.41 Å². The van der Waals surface area contributed by atoms with E-state index in [4.69, 9.17) is 4.74 Å². The summed E-state index contributed by atoms with van der Waals surface area (Å²) in [7, 11) is 0. The Morgan fingerprint density at radius 1 is 1.00 bits per heavy atom. The monoisotopic (exact) mass is 470 g/mol. The number of hydrogen-bond acceptors (Lipinski definition) is 3. The number of hydrogen-bond donors (Lipinski definition) is 2. The summed E-state index contributed by atoms with van der Waals surface area (Å²) in [5.74, 6) is 0.626. The van der Waals surface area contributed by atoms with E-state index in [-0.39, 0.29) is 33.7 Å². The normalized spacial score (nSPS) is 59.4. The molecule has 0 bridgehead atoms. The maximum Gasteiger partial charge on any atom is 0.310 e. The molecule has 0 aromatic carbocycles. The smallest absolute Gasteiger partial charge is 0.310 e. The van der Waals surface area contributed by atoms with Gasteiger partial charge in [0.1, 0.15) is 6.10 Å². The number of ether oxygens (including phenoxy) is 1. The highest BCUT2D eigenvalue weighted by Crippen LogP contribution is 2.78. The molecule has 2 unspecified atom stereocenters. The van der Waals surface area contributed by atoms with E-state index in [1.807, 2.05) is 0 Å². The summed E-state index contributed by atoms with van der Waals surface area (Å²) in [4.78, 5) is 12.8. The van der Waals surface area contributed by atoms with E-state index >= 15 is 0 Å². The highest BCUT2D eigenvalue weighted by molar-refractivity contribution is 5.76. The summed E-state index contributed by atoms with van der Waals surface area (Å²) in [6.07, 6.45) is 10.5. The molecular formula is C30H46O4. The van der Waals surface area contributed by atoms with Gasteiger partial charge in [-0.05, 0) is 97.2 Å². The second kappa shape index (κ2) is 6.52. The van der Waals surface area contributed by atoms with Gasteiger partial charge in [0.15, 0.2) is 5.79 Å². The zero-order valence-electron chi connectivity index (χ0n) is 22.4. The minimum Gasteiger partial charge on any atom is -0.481 e. The maximum atomic E-state index is 12.8. The van der Waals surface area contributed by atoms with Crippen LogP contribution in [-0.2, 0) is 9.53 Å². The van der Waals surface area contributed by atoms with Gasteiger partial charge in [0.2, 0.25) is 0 Å². The van der Waals surface area contributed by atoms with Crippen LogP contribution >= 0.6 is 0 Å². The molecule has 190 valence electrons. The molecule has 4 saturated carbocycles. The van der Waals surface area contributed by atoms with Gasteiger partial charge in [-0.2, -0.15) is 0 Å². The Bertz CT molecular complexity index is 969. The SMILES string of the molecule is C[C@H]1[C@H](C)CC[C@]2(C(=O)O)CC[C@]3(C)C(=CC[C@@H]4[C@@]5(C)CC6O[C@@]6(O)C(C)(C)C5CC[C@]43C)[C@H]12. The number of allylic oxidation sites excluding steroid dienone is 2. The molecule has 0 radical (unpaired) electrons. The van der Waals surface area contributed by atoms with E-state index in [0.717, 1.165) is 51.4 Å². The van der Waals surface area contributed by atoms with Crippen LogP contribution in [0.15, 0.2) is 11.6 Å². The number of fused-ring (bicyclic) bond motifs is 8. The van der Waals surface area contributed by atoms with Crippen LogP contribution in [0.25, 0.3) is 0 Å². The summed E-state index contributed by atoms with van der Waals surface area (Å²) in [6.45, 7) is 16.7. The molecule has 1 aliphatic heterocycles. The lowest BCUT2D eigenvalue weighted by molar-refractivity contribution is -0.211. The maximum absolute atomic E-state index is 12.8. The summed E-state index contributed by atoms with van der Waals surface area (Å²) >= 11 is 0. The first-order valence-electron chi connectivity index (χ1n) is 14.0. The first-order chi connectivity index (χ1) is 15.7. The van der Waals surface area contributed by atoms with Gasteiger partial charge in [-0.15, -0.1) is 0 Å². The van der Waals surface area contributed by atoms with Crippen molar-refractivity contribution in [3.63, 3.8) is 0 Å². The molecule has 0 amide bonds. The average Bonchev–Trinajstić information content (AvgIpc) is 3.42. The highest BCUT2D eigenvalue weighted by atomic mass is 16.7. The standard InChI is InChI=1S/C30H46O4/c1-17-10-13-29(24(31)32)15-14-27(6)19(23(29)18(17)2)8-9-21-26(5)16-22-30(33,34-22)25(3,4)20(26)11-12-28(21,27)7/h8,17-18,20-23,33H,9-16H2,1-7H3,(H,31,32)/t17-,18+,20?,21-,22?,23+,26+,27-,28-,29+,30-/m1/s1. The summed E-state index contributed by atoms with van der Waals surface area (Å²) in [5.41, 5.74) is 0.994. The predicted octanol–water partition coefficient (Wildman–Crippen LogP) is 6.43. The third-order valence-corrected chi connectivity index (χ3v) is 13.8. The topological polar surface area (TPSA) is 70.1 Å². The van der Waals surface area contributed by atoms with Crippen molar-refractivity contribution in [1.29, 1.82) is 0 Å². The lowest BCUT2D eigenvalue weighted by Gasteiger charge is -2.70. The molecule has 5 aliphatic carbocycles. The van der Waals surface area contributed by atoms with E-state index < -0.39 is 17.2 Å². The molecule has 4 heteroatoms. The van der Waals surface area contributed by atoms with E-state index in [9.17, 15) is 15.0 Å². The van der Waals surface area contributed by atoms with Gasteiger partial charge < -0.3 is 14.9 Å². The third-order valence-electron chi connectivity index (χ3n) is 13.8. The van der Waals surface area contributed by atoms with Crippen molar-refractivity contribution in [3.8, 4) is 0 Å². The fourth-order valence-corrected chi connectivity index (χ4v) is 11.3. The second-order valence-electron chi connectivity index (χ2n) is 14.8. The minimum absolute atomic E-state index is 0.0329. The van der Waals surface area contributed by atoms with Crippen molar-refractivity contribution < 1.29 is 19.7 Å². The quantitative estimate of drug-likeness (QED) is 0.342. The van der Waals surface area contributed by atoms with Crippen molar-refractivity contribution in [1.82, 2.24) is 0 Å². The van der Waals surface area contributed by atoms with Gasteiger partial charge >= 0.3 is 5.97 Å². The number of carbonyl (C=O) groups is 1. The molecule has 1 saturated heterocycles. The highest BCUT2D eigenvalue weighted by Gasteiger charge is 2.78. The van der Waals surface area contributed by atoms with E-state index in [1.165, 1.54) is 5.57 Å². The van der Waals surface area contributed by atoms with Crippen LogP contribution in [0.5, 0.6) is 0 Å². The van der Waals surface area contributed by atoms with E-state index in [1.54, 1.807) is 0 Å². The number of aliphatic hydroxyl groups is 1. The molecule has 2 N–H and O–H groups in total. The van der Waals surface area contributed by atoms with Gasteiger partial charge in [-0.1, -0.05) is 60.1 Å². The Labute approximate surface area is 205 Å². The van der Waals surface area contributed by atoms with Crippen molar-refractivity contribution in [3.05, 3.63) is 11.6 Å². The first-order valence-corrected chi connectivity index (χ1v) is 14.0. The van der Waals surface area contributed by atoms with E-state index in [2.05, 4.69) is 54.5 Å². The molecule has 1 heterocycles. The molecule has 5 fully saturated rings. The zero-order valence-corrected chi connectivity index (χ0v) is 22.4. The first kappa shape index (κ1) is 23.5. The Balaban J connectivity index is 1.46. The molecule has 6 rings (SSSR count). The summed E-state index contributed by atoms with van der Waals surface area (Å²) in [6, 6.07) is 0. The number of epoxide rings is 1. The fraction of sp³-hybridized carbons (Fsp3) is 0.900. The van der Waals surface area contributed by atoms with Gasteiger partial charge in [0.25, 0.3) is 0 Å². The number of aliphatic carboxylic acids is 1. The van der Waals surface area contributed by atoms with Crippen molar-refractivity contribution in [2.75, 3.05) is 0 Å².